The van der Waals surface area contributed by atoms with Gasteiger partial charge in [0.1, 0.15) is 6.04 Å². The number of nitrogens with zero attached hydrogens (tertiary/aromatic N) is 1. The molecule has 1 saturated heterocycles. The molecule has 1 rings (SSSR count). The number of ether oxygens (including phenoxy) is 3. The Balaban J connectivity index is 2.50. The minimum absolute atomic E-state index is 0.242. The molecule has 1 atom stereocenters. The topological polar surface area (TPSA) is 48.0 Å². The van der Waals surface area contributed by atoms with E-state index in [9.17, 15) is 4.79 Å². The average molecular weight is 203 g/mol. The van der Waals surface area contributed by atoms with Crippen molar-refractivity contribution >= 4 is 5.97 Å². The van der Waals surface area contributed by atoms with Crippen molar-refractivity contribution in [2.75, 3.05) is 47.1 Å². The minimum atomic E-state index is -0.297. The number of hydrogen-bond donors (Lipinski definition) is 0. The maximum atomic E-state index is 11.4. The first-order chi connectivity index (χ1) is 6.79. The molecule has 0 aliphatic carbocycles. The first-order valence-corrected chi connectivity index (χ1v) is 4.68. The standard InChI is InChI=1S/C9H17NO4/c1-12-7-8(9(11)13-2)10-3-5-14-6-4-10/h8H,3-7H2,1-2H3. The van der Waals surface area contributed by atoms with Gasteiger partial charge in [-0.1, -0.05) is 0 Å². The van der Waals surface area contributed by atoms with Gasteiger partial charge in [-0.3, -0.25) is 9.69 Å². The number of morpholine rings is 1. The molecule has 5 heteroatoms. The highest BCUT2D eigenvalue weighted by Gasteiger charge is 2.27. The van der Waals surface area contributed by atoms with Crippen LogP contribution in [0, 0.1) is 0 Å². The second-order valence-electron chi connectivity index (χ2n) is 3.14. The number of methoxy groups -OCH3 is 2. The second-order valence-corrected chi connectivity index (χ2v) is 3.14. The molecule has 0 amide bonds. The first-order valence-electron chi connectivity index (χ1n) is 4.68. The van der Waals surface area contributed by atoms with E-state index < -0.39 is 0 Å². The van der Waals surface area contributed by atoms with Crippen LogP contribution in [0.3, 0.4) is 0 Å². The zero-order valence-corrected chi connectivity index (χ0v) is 8.69. The normalized spacial score (nSPS) is 20.4. The van der Waals surface area contributed by atoms with Crippen molar-refractivity contribution in [3.8, 4) is 0 Å². The van der Waals surface area contributed by atoms with E-state index in [2.05, 4.69) is 0 Å². The van der Waals surface area contributed by atoms with Gasteiger partial charge in [-0.25, -0.2) is 0 Å². The van der Waals surface area contributed by atoms with E-state index in [1.807, 2.05) is 4.90 Å². The summed E-state index contributed by atoms with van der Waals surface area (Å²) in [5.41, 5.74) is 0. The van der Waals surface area contributed by atoms with Crippen LogP contribution in [0.15, 0.2) is 0 Å². The summed E-state index contributed by atoms with van der Waals surface area (Å²) >= 11 is 0. The van der Waals surface area contributed by atoms with E-state index in [1.165, 1.54) is 7.11 Å². The third kappa shape index (κ3) is 2.94. The van der Waals surface area contributed by atoms with Crippen LogP contribution < -0.4 is 0 Å². The van der Waals surface area contributed by atoms with Crippen molar-refractivity contribution < 1.29 is 19.0 Å². The maximum Gasteiger partial charge on any atom is 0.325 e. The molecule has 5 nitrogen and oxygen atoms in total. The van der Waals surface area contributed by atoms with Crippen LogP contribution in [0.5, 0.6) is 0 Å². The fraction of sp³-hybridized carbons (Fsp3) is 0.889. The Hall–Kier alpha value is -0.650. The number of esters is 1. The van der Waals surface area contributed by atoms with E-state index in [-0.39, 0.29) is 12.0 Å². The van der Waals surface area contributed by atoms with Gasteiger partial charge in [-0.05, 0) is 0 Å². The van der Waals surface area contributed by atoms with Crippen molar-refractivity contribution in [1.82, 2.24) is 4.90 Å². The van der Waals surface area contributed by atoms with Crippen molar-refractivity contribution in [3.63, 3.8) is 0 Å². The van der Waals surface area contributed by atoms with Crippen LogP contribution in [0.2, 0.25) is 0 Å². The Kier molecular flexibility index (Phi) is 4.86. The molecule has 0 aromatic carbocycles. The molecule has 1 unspecified atom stereocenters. The molecule has 14 heavy (non-hydrogen) atoms. The van der Waals surface area contributed by atoms with Crippen molar-refractivity contribution in [2.24, 2.45) is 0 Å². The van der Waals surface area contributed by atoms with Crippen molar-refractivity contribution in [2.45, 2.75) is 6.04 Å². The lowest BCUT2D eigenvalue weighted by Gasteiger charge is -2.32. The highest BCUT2D eigenvalue weighted by molar-refractivity contribution is 5.75. The summed E-state index contributed by atoms with van der Waals surface area (Å²) in [6.45, 7) is 3.20. The third-order valence-electron chi connectivity index (χ3n) is 2.28. The third-order valence-corrected chi connectivity index (χ3v) is 2.28. The van der Waals surface area contributed by atoms with Crippen molar-refractivity contribution in [3.05, 3.63) is 0 Å². The summed E-state index contributed by atoms with van der Waals surface area (Å²) in [5.74, 6) is -0.242. The summed E-state index contributed by atoms with van der Waals surface area (Å²) in [7, 11) is 2.97. The van der Waals surface area contributed by atoms with Gasteiger partial charge in [-0.2, -0.15) is 0 Å². The van der Waals surface area contributed by atoms with Gasteiger partial charge in [0.25, 0.3) is 0 Å². The van der Waals surface area contributed by atoms with Crippen LogP contribution in [-0.4, -0.2) is 64.0 Å². The summed E-state index contributed by atoms with van der Waals surface area (Å²) in [4.78, 5) is 13.4. The quantitative estimate of drug-likeness (QED) is 0.577. The average Bonchev–Trinajstić information content (AvgIpc) is 2.26. The van der Waals surface area contributed by atoms with Gasteiger partial charge >= 0.3 is 5.97 Å². The van der Waals surface area contributed by atoms with E-state index in [0.717, 1.165) is 13.1 Å². The van der Waals surface area contributed by atoms with Gasteiger partial charge in [0, 0.05) is 20.2 Å². The molecule has 1 aliphatic rings. The number of rotatable bonds is 4. The fourth-order valence-corrected chi connectivity index (χ4v) is 1.51. The highest BCUT2D eigenvalue weighted by Crippen LogP contribution is 2.06. The van der Waals surface area contributed by atoms with E-state index >= 15 is 0 Å². The summed E-state index contributed by atoms with van der Waals surface area (Å²) < 4.78 is 14.9. The molecular formula is C9H17NO4. The van der Waals surface area contributed by atoms with Crippen LogP contribution >= 0.6 is 0 Å². The molecule has 1 heterocycles. The Bertz CT molecular complexity index is 180. The lowest BCUT2D eigenvalue weighted by atomic mass is 10.2. The number of carbonyl (C=O) groups is 1. The molecule has 0 bridgehead atoms. The zero-order chi connectivity index (χ0) is 10.4. The van der Waals surface area contributed by atoms with Crippen LogP contribution in [-0.2, 0) is 19.0 Å². The van der Waals surface area contributed by atoms with Gasteiger partial charge < -0.3 is 14.2 Å². The molecule has 82 valence electrons. The molecular weight excluding hydrogens is 186 g/mol. The predicted molar refractivity (Wildman–Crippen MR) is 50.1 cm³/mol. The molecule has 1 fully saturated rings. The lowest BCUT2D eigenvalue weighted by molar-refractivity contribution is -0.151. The fourth-order valence-electron chi connectivity index (χ4n) is 1.51. The van der Waals surface area contributed by atoms with Crippen LogP contribution in [0.1, 0.15) is 0 Å². The SMILES string of the molecule is COCC(C(=O)OC)N1CCOCC1. The molecule has 0 aromatic rings. The molecule has 0 aromatic heterocycles. The summed E-state index contributed by atoms with van der Waals surface area (Å²) in [5, 5.41) is 0. The Labute approximate surface area is 83.9 Å². The van der Waals surface area contributed by atoms with Crippen molar-refractivity contribution in [1.29, 1.82) is 0 Å². The number of carbonyl (C=O) groups excluding carboxylic acids is 1. The van der Waals surface area contributed by atoms with E-state index in [4.69, 9.17) is 14.2 Å². The van der Waals surface area contributed by atoms with Crippen LogP contribution in [0.25, 0.3) is 0 Å². The predicted octanol–water partition coefficient (Wildman–Crippen LogP) is -0.493. The van der Waals surface area contributed by atoms with Crippen LogP contribution in [0.4, 0.5) is 0 Å². The molecule has 0 saturated carbocycles. The van der Waals surface area contributed by atoms with E-state index in [0.29, 0.717) is 19.8 Å². The molecule has 1 aliphatic heterocycles. The monoisotopic (exact) mass is 203 g/mol. The summed E-state index contributed by atoms with van der Waals surface area (Å²) in [6, 6.07) is -0.297. The number of hydrogen-bond acceptors (Lipinski definition) is 5. The Morgan fingerprint density at radius 1 is 1.43 bits per heavy atom. The Morgan fingerprint density at radius 3 is 2.57 bits per heavy atom. The second kappa shape index (κ2) is 5.95. The molecule has 0 spiro atoms. The first kappa shape index (κ1) is 11.4. The maximum absolute atomic E-state index is 11.4. The minimum Gasteiger partial charge on any atom is -0.468 e. The molecule has 0 radical (unpaired) electrons. The van der Waals surface area contributed by atoms with E-state index in [1.54, 1.807) is 7.11 Å². The van der Waals surface area contributed by atoms with Gasteiger partial charge in [-0.15, -0.1) is 0 Å². The lowest BCUT2D eigenvalue weighted by Crippen LogP contribution is -2.50. The smallest absolute Gasteiger partial charge is 0.325 e. The van der Waals surface area contributed by atoms with Gasteiger partial charge in [0.2, 0.25) is 0 Å². The zero-order valence-electron chi connectivity index (χ0n) is 8.69. The highest BCUT2D eigenvalue weighted by atomic mass is 16.5. The largest absolute Gasteiger partial charge is 0.468 e. The summed E-state index contributed by atoms with van der Waals surface area (Å²) in [6.07, 6.45) is 0. The molecule has 0 N–H and O–H groups in total. The van der Waals surface area contributed by atoms with Gasteiger partial charge in [0.15, 0.2) is 0 Å². The Morgan fingerprint density at radius 2 is 2.07 bits per heavy atom. The van der Waals surface area contributed by atoms with Gasteiger partial charge in [0.05, 0.1) is 26.9 Å².